The van der Waals surface area contributed by atoms with E-state index in [9.17, 15) is 9.59 Å². The van der Waals surface area contributed by atoms with Crippen LogP contribution in [0.4, 0.5) is 5.95 Å². The van der Waals surface area contributed by atoms with Gasteiger partial charge < -0.3 is 19.1 Å². The number of carbonyl (C=O) groups excluding carboxylic acids is 1. The van der Waals surface area contributed by atoms with Gasteiger partial charge in [-0.2, -0.15) is 0 Å². The molecule has 0 saturated heterocycles. The Morgan fingerprint density at radius 3 is 2.45 bits per heavy atom. The first-order valence-electron chi connectivity index (χ1n) is 8.57. The fraction of sp³-hybridized carbons (Fsp3) is 0.211. The van der Waals surface area contributed by atoms with Crippen LogP contribution >= 0.6 is 31.9 Å². The molecule has 2 aromatic carbocycles. The Balaban J connectivity index is 1.92. The van der Waals surface area contributed by atoms with Gasteiger partial charge in [-0.1, -0.05) is 0 Å². The van der Waals surface area contributed by atoms with Gasteiger partial charge in [-0.05, 0) is 63.0 Å². The summed E-state index contributed by atoms with van der Waals surface area (Å²) in [6.07, 6.45) is 0. The molecule has 0 aliphatic rings. The molecule has 0 aliphatic heterocycles. The highest BCUT2D eigenvalue weighted by molar-refractivity contribution is 9.11. The van der Waals surface area contributed by atoms with Crippen LogP contribution in [-0.4, -0.2) is 33.1 Å². The van der Waals surface area contributed by atoms with Gasteiger partial charge in [0.05, 0.1) is 20.0 Å². The molecule has 3 rings (SSSR count). The predicted molar refractivity (Wildman–Crippen MR) is 115 cm³/mol. The summed E-state index contributed by atoms with van der Waals surface area (Å²) >= 11 is 6.85. The highest BCUT2D eigenvalue weighted by atomic mass is 79.9. The molecule has 2 N–H and O–H groups in total. The minimum Gasteiger partial charge on any atom is -0.482 e. The SMILES string of the molecule is CCn1c(NC(C)=O)nc2ccc(Oc3c(Br)cc(OCC(=O)O)cc3Br)cc21. The number of halogens is 2. The monoisotopic (exact) mass is 525 g/mol. The van der Waals surface area contributed by atoms with Crippen LogP contribution in [0.15, 0.2) is 39.3 Å². The highest BCUT2D eigenvalue weighted by Crippen LogP contribution is 2.40. The molecule has 1 heterocycles. The maximum absolute atomic E-state index is 11.4. The van der Waals surface area contributed by atoms with Crippen LogP contribution in [-0.2, 0) is 16.1 Å². The van der Waals surface area contributed by atoms with E-state index >= 15 is 0 Å². The van der Waals surface area contributed by atoms with Gasteiger partial charge in [-0.25, -0.2) is 9.78 Å². The second-order valence-electron chi connectivity index (χ2n) is 6.01. The summed E-state index contributed by atoms with van der Waals surface area (Å²) in [6, 6.07) is 8.69. The third-order valence-electron chi connectivity index (χ3n) is 3.88. The van der Waals surface area contributed by atoms with Crippen LogP contribution in [0.1, 0.15) is 13.8 Å². The Hall–Kier alpha value is -2.59. The average molecular weight is 527 g/mol. The number of aromatic nitrogens is 2. The Labute approximate surface area is 183 Å². The number of nitrogens with one attached hydrogen (secondary N) is 1. The zero-order chi connectivity index (χ0) is 21.1. The van der Waals surface area contributed by atoms with Crippen molar-refractivity contribution in [3.05, 3.63) is 39.3 Å². The maximum atomic E-state index is 11.4. The molecule has 0 unspecified atom stereocenters. The fourth-order valence-electron chi connectivity index (χ4n) is 2.72. The largest absolute Gasteiger partial charge is 0.482 e. The van der Waals surface area contributed by atoms with Crippen LogP contribution < -0.4 is 14.8 Å². The molecule has 0 atom stereocenters. The van der Waals surface area contributed by atoms with Gasteiger partial charge in [0.1, 0.15) is 11.5 Å². The molecule has 0 radical (unpaired) electrons. The molecule has 152 valence electrons. The first-order valence-corrected chi connectivity index (χ1v) is 10.2. The standard InChI is InChI=1S/C19H17Br2N3O5/c1-3-24-16-8-11(4-5-15(16)23-19(24)22-10(2)25)29-18-13(20)6-12(7-14(18)21)28-9-17(26)27/h4-8H,3,9H2,1-2H3,(H,26,27)(H,22,23,25). The van der Waals surface area contributed by atoms with Crippen molar-refractivity contribution in [3.63, 3.8) is 0 Å². The summed E-state index contributed by atoms with van der Waals surface area (Å²) in [5, 5.41) is 11.5. The molecule has 1 aromatic heterocycles. The minimum atomic E-state index is -1.06. The number of carboxylic acid groups (broad SMARTS) is 1. The predicted octanol–water partition coefficient (Wildman–Crippen LogP) is 4.80. The third kappa shape index (κ3) is 4.88. The lowest BCUT2D eigenvalue weighted by atomic mass is 10.3. The maximum Gasteiger partial charge on any atom is 0.341 e. The van der Waals surface area contributed by atoms with E-state index in [2.05, 4.69) is 42.2 Å². The number of nitrogens with zero attached hydrogens (tertiary/aromatic N) is 2. The molecule has 0 bridgehead atoms. The van der Waals surface area contributed by atoms with Crippen molar-refractivity contribution < 1.29 is 24.2 Å². The van der Waals surface area contributed by atoms with Crippen molar-refractivity contribution in [2.45, 2.75) is 20.4 Å². The van der Waals surface area contributed by atoms with Crippen LogP contribution in [0.3, 0.4) is 0 Å². The number of carbonyl (C=O) groups is 2. The number of imidazole rings is 1. The number of fused-ring (bicyclic) bond motifs is 1. The number of rotatable bonds is 7. The quantitative estimate of drug-likeness (QED) is 0.458. The van der Waals surface area contributed by atoms with Crippen molar-refractivity contribution in [2.24, 2.45) is 0 Å². The lowest BCUT2D eigenvalue weighted by Crippen LogP contribution is -2.11. The van der Waals surface area contributed by atoms with E-state index in [1.54, 1.807) is 18.2 Å². The topological polar surface area (TPSA) is 103 Å². The van der Waals surface area contributed by atoms with Gasteiger partial charge in [-0.15, -0.1) is 0 Å². The number of aryl methyl sites for hydroxylation is 1. The molecule has 3 aromatic rings. The zero-order valence-electron chi connectivity index (χ0n) is 15.5. The number of hydrogen-bond donors (Lipinski definition) is 2. The van der Waals surface area contributed by atoms with E-state index < -0.39 is 12.6 Å². The minimum absolute atomic E-state index is 0.190. The number of amides is 1. The van der Waals surface area contributed by atoms with Gasteiger partial charge in [0.2, 0.25) is 11.9 Å². The summed E-state index contributed by atoms with van der Waals surface area (Å²) < 4.78 is 14.3. The molecule has 29 heavy (non-hydrogen) atoms. The lowest BCUT2D eigenvalue weighted by molar-refractivity contribution is -0.139. The molecule has 0 fully saturated rings. The number of hydrogen-bond acceptors (Lipinski definition) is 5. The van der Waals surface area contributed by atoms with Crippen LogP contribution in [0.25, 0.3) is 11.0 Å². The summed E-state index contributed by atoms with van der Waals surface area (Å²) in [7, 11) is 0. The van der Waals surface area contributed by atoms with Crippen molar-refractivity contribution >= 4 is 60.7 Å². The summed E-state index contributed by atoms with van der Waals surface area (Å²) in [4.78, 5) is 26.5. The van der Waals surface area contributed by atoms with Crippen LogP contribution in [0, 0.1) is 0 Å². The van der Waals surface area contributed by atoms with Gasteiger partial charge in [-0.3, -0.25) is 10.1 Å². The van der Waals surface area contributed by atoms with Crippen molar-refractivity contribution in [1.29, 1.82) is 0 Å². The molecule has 0 saturated carbocycles. The Morgan fingerprint density at radius 2 is 1.86 bits per heavy atom. The van der Waals surface area contributed by atoms with Gasteiger partial charge >= 0.3 is 5.97 Å². The molecular formula is C19H17Br2N3O5. The molecular weight excluding hydrogens is 510 g/mol. The van der Waals surface area contributed by atoms with Crippen LogP contribution in [0.5, 0.6) is 17.2 Å². The first kappa shape index (κ1) is 21.1. The number of ether oxygens (including phenoxy) is 2. The van der Waals surface area contributed by atoms with E-state index in [0.29, 0.717) is 38.7 Å². The number of benzene rings is 2. The summed E-state index contributed by atoms with van der Waals surface area (Å²) in [5.41, 5.74) is 1.56. The van der Waals surface area contributed by atoms with Crippen LogP contribution in [0.2, 0.25) is 0 Å². The van der Waals surface area contributed by atoms with E-state index in [-0.39, 0.29) is 5.91 Å². The Morgan fingerprint density at radius 1 is 1.17 bits per heavy atom. The third-order valence-corrected chi connectivity index (χ3v) is 5.06. The molecule has 1 amide bonds. The Bertz CT molecular complexity index is 1070. The van der Waals surface area contributed by atoms with Crippen molar-refractivity contribution in [3.8, 4) is 17.2 Å². The molecule has 8 nitrogen and oxygen atoms in total. The van der Waals surface area contributed by atoms with E-state index in [4.69, 9.17) is 14.6 Å². The Kier molecular flexibility index (Phi) is 6.43. The van der Waals surface area contributed by atoms with Gasteiger partial charge in [0.15, 0.2) is 12.4 Å². The van der Waals surface area contributed by atoms with Crippen molar-refractivity contribution in [1.82, 2.24) is 9.55 Å². The number of anilines is 1. The molecule has 10 heteroatoms. The molecule has 0 aliphatic carbocycles. The van der Waals surface area contributed by atoms with E-state index in [1.165, 1.54) is 6.92 Å². The highest BCUT2D eigenvalue weighted by Gasteiger charge is 2.15. The normalized spacial score (nSPS) is 10.8. The number of aliphatic carboxylic acids is 1. The fourth-order valence-corrected chi connectivity index (χ4v) is 4.03. The van der Waals surface area contributed by atoms with Crippen molar-refractivity contribution in [2.75, 3.05) is 11.9 Å². The van der Waals surface area contributed by atoms with Gasteiger partial charge in [0, 0.05) is 19.5 Å². The second-order valence-corrected chi connectivity index (χ2v) is 7.72. The lowest BCUT2D eigenvalue weighted by Gasteiger charge is -2.13. The van der Waals surface area contributed by atoms with E-state index in [0.717, 1.165) is 11.0 Å². The molecule has 0 spiro atoms. The summed E-state index contributed by atoms with van der Waals surface area (Å²) in [5.74, 6) is 0.702. The number of carboxylic acids is 1. The second kappa shape index (κ2) is 8.83. The summed E-state index contributed by atoms with van der Waals surface area (Å²) in [6.45, 7) is 3.59. The zero-order valence-corrected chi connectivity index (χ0v) is 18.7. The average Bonchev–Trinajstić information content (AvgIpc) is 2.98. The first-order chi connectivity index (χ1) is 13.8. The smallest absolute Gasteiger partial charge is 0.341 e. The van der Waals surface area contributed by atoms with Gasteiger partial charge in [0.25, 0.3) is 0 Å². The van der Waals surface area contributed by atoms with E-state index in [1.807, 2.05) is 23.6 Å².